The molecule has 0 saturated carbocycles. The Morgan fingerprint density at radius 2 is 1.87 bits per heavy atom. The third-order valence-corrected chi connectivity index (χ3v) is 4.56. The minimum absolute atomic E-state index is 0.285. The number of nitrogens with one attached hydrogen (secondary N) is 1. The monoisotopic (exact) mass is 392 g/mol. The highest BCUT2D eigenvalue weighted by Crippen LogP contribution is 2.29. The molecule has 0 aromatic heterocycles. The molecule has 4 nitrogen and oxygen atoms in total. The van der Waals surface area contributed by atoms with Crippen LogP contribution in [0.1, 0.15) is 12.5 Å². The molecule has 2 aromatic rings. The second-order valence-corrected chi connectivity index (χ2v) is 7.04. The number of carbonyl (C=O) groups is 2. The summed E-state index contributed by atoms with van der Waals surface area (Å²) in [6, 6.07) is 13.9. The van der Waals surface area contributed by atoms with Gasteiger partial charge in [-0.1, -0.05) is 45.7 Å². The summed E-state index contributed by atoms with van der Waals surface area (Å²) in [4.78, 5) is 26.3. The molecule has 2 aromatic carbocycles. The van der Waals surface area contributed by atoms with Gasteiger partial charge in [-0.05, 0) is 42.8 Å². The van der Waals surface area contributed by atoms with Gasteiger partial charge in [0.15, 0.2) is 0 Å². The molecular weight excluding hydrogens is 380 g/mol. The Bertz CT molecular complexity index is 778. The molecule has 0 unspecified atom stereocenters. The molecule has 3 amide bonds. The normalized spacial score (nSPS) is 20.7. The number of imide groups is 1. The quantitative estimate of drug-likeness (QED) is 0.796. The van der Waals surface area contributed by atoms with E-state index in [4.69, 9.17) is 11.6 Å². The van der Waals surface area contributed by atoms with Gasteiger partial charge in [0.2, 0.25) is 0 Å². The number of carbonyl (C=O) groups excluding carboxylic acids is 2. The second kappa shape index (κ2) is 5.98. The maximum absolute atomic E-state index is 12.8. The Labute approximate surface area is 147 Å². The molecule has 3 rings (SSSR count). The number of nitrogens with zero attached hydrogens (tertiary/aromatic N) is 1. The standard InChI is InChI=1S/C17H14BrClN2O2/c1-17(10-11-5-7-12(18)8-6-11)15(22)21(16(23)20-17)14-4-2-3-13(19)9-14/h2-9H,10H2,1H3,(H,20,23)/t17-/m1/s1. The molecule has 118 valence electrons. The predicted octanol–water partition coefficient (Wildman–Crippen LogP) is 4.16. The Morgan fingerprint density at radius 1 is 1.17 bits per heavy atom. The number of anilines is 1. The van der Waals surface area contributed by atoms with Crippen LogP contribution < -0.4 is 10.2 Å². The van der Waals surface area contributed by atoms with Gasteiger partial charge in [-0.15, -0.1) is 0 Å². The molecule has 0 bridgehead atoms. The highest BCUT2D eigenvalue weighted by molar-refractivity contribution is 9.10. The molecule has 1 fully saturated rings. The van der Waals surface area contributed by atoms with Crippen LogP contribution in [0.2, 0.25) is 5.02 Å². The van der Waals surface area contributed by atoms with Crippen LogP contribution in [0.4, 0.5) is 10.5 Å². The summed E-state index contributed by atoms with van der Waals surface area (Å²) < 4.78 is 0.966. The number of hydrogen-bond donors (Lipinski definition) is 1. The van der Waals surface area contributed by atoms with E-state index >= 15 is 0 Å². The first-order valence-electron chi connectivity index (χ1n) is 7.06. The van der Waals surface area contributed by atoms with Crippen LogP contribution in [-0.2, 0) is 11.2 Å². The predicted molar refractivity (Wildman–Crippen MR) is 93.7 cm³/mol. The molecular formula is C17H14BrClN2O2. The van der Waals surface area contributed by atoms with Crippen molar-refractivity contribution < 1.29 is 9.59 Å². The lowest BCUT2D eigenvalue weighted by molar-refractivity contribution is -0.121. The van der Waals surface area contributed by atoms with E-state index in [1.54, 1.807) is 31.2 Å². The SMILES string of the molecule is C[C@]1(Cc2ccc(Br)cc2)NC(=O)N(c2cccc(Cl)c2)C1=O. The van der Waals surface area contributed by atoms with E-state index in [9.17, 15) is 9.59 Å². The van der Waals surface area contributed by atoms with Gasteiger partial charge in [-0.3, -0.25) is 4.79 Å². The molecule has 1 atom stereocenters. The van der Waals surface area contributed by atoms with E-state index in [2.05, 4.69) is 21.2 Å². The first-order chi connectivity index (χ1) is 10.9. The Balaban J connectivity index is 1.89. The van der Waals surface area contributed by atoms with Crippen molar-refractivity contribution in [1.82, 2.24) is 5.32 Å². The van der Waals surface area contributed by atoms with Gasteiger partial charge >= 0.3 is 6.03 Å². The number of benzene rings is 2. The fourth-order valence-electron chi connectivity index (χ4n) is 2.66. The van der Waals surface area contributed by atoms with Crippen molar-refractivity contribution in [2.45, 2.75) is 18.9 Å². The van der Waals surface area contributed by atoms with Gasteiger partial charge in [-0.25, -0.2) is 9.69 Å². The molecule has 0 radical (unpaired) electrons. The highest BCUT2D eigenvalue weighted by atomic mass is 79.9. The van der Waals surface area contributed by atoms with Crippen molar-refractivity contribution in [2.75, 3.05) is 4.90 Å². The number of rotatable bonds is 3. The van der Waals surface area contributed by atoms with Gasteiger partial charge in [0, 0.05) is 15.9 Å². The van der Waals surface area contributed by atoms with E-state index in [-0.39, 0.29) is 5.91 Å². The molecule has 1 heterocycles. The van der Waals surface area contributed by atoms with Gasteiger partial charge in [-0.2, -0.15) is 0 Å². The summed E-state index contributed by atoms with van der Waals surface area (Å²) in [6.07, 6.45) is 0.419. The van der Waals surface area contributed by atoms with Gasteiger partial charge < -0.3 is 5.32 Å². The zero-order valence-electron chi connectivity index (χ0n) is 12.3. The van der Waals surface area contributed by atoms with Gasteiger partial charge in [0.1, 0.15) is 5.54 Å². The largest absolute Gasteiger partial charge is 0.329 e. The van der Waals surface area contributed by atoms with E-state index < -0.39 is 11.6 Å². The molecule has 1 N–H and O–H groups in total. The molecule has 1 aliphatic rings. The van der Waals surface area contributed by atoms with E-state index in [1.807, 2.05) is 24.3 Å². The lowest BCUT2D eigenvalue weighted by atomic mass is 9.93. The third kappa shape index (κ3) is 3.12. The zero-order chi connectivity index (χ0) is 16.6. The maximum Gasteiger partial charge on any atom is 0.329 e. The number of amides is 3. The van der Waals surface area contributed by atoms with Crippen molar-refractivity contribution in [1.29, 1.82) is 0 Å². The third-order valence-electron chi connectivity index (χ3n) is 3.80. The van der Waals surface area contributed by atoms with E-state index in [0.29, 0.717) is 17.1 Å². The molecule has 0 spiro atoms. The Hall–Kier alpha value is -1.85. The minimum Gasteiger partial charge on any atom is -0.323 e. The van der Waals surface area contributed by atoms with Crippen LogP contribution >= 0.6 is 27.5 Å². The number of halogens is 2. The van der Waals surface area contributed by atoms with Gasteiger partial charge in [0.05, 0.1) is 5.69 Å². The summed E-state index contributed by atoms with van der Waals surface area (Å²) in [7, 11) is 0. The first-order valence-corrected chi connectivity index (χ1v) is 8.23. The van der Waals surface area contributed by atoms with E-state index in [1.165, 1.54) is 0 Å². The number of urea groups is 1. The van der Waals surface area contributed by atoms with Crippen LogP contribution in [0.3, 0.4) is 0 Å². The lowest BCUT2D eigenvalue weighted by Crippen LogP contribution is -2.46. The lowest BCUT2D eigenvalue weighted by Gasteiger charge is -2.22. The molecule has 6 heteroatoms. The van der Waals surface area contributed by atoms with Gasteiger partial charge in [0.25, 0.3) is 5.91 Å². The van der Waals surface area contributed by atoms with Crippen LogP contribution in [0.5, 0.6) is 0 Å². The van der Waals surface area contributed by atoms with Crippen molar-refractivity contribution in [2.24, 2.45) is 0 Å². The molecule has 1 aliphatic heterocycles. The minimum atomic E-state index is -0.979. The first kappa shape index (κ1) is 16.0. The second-order valence-electron chi connectivity index (χ2n) is 5.69. The van der Waals surface area contributed by atoms with Crippen molar-refractivity contribution in [3.8, 4) is 0 Å². The summed E-state index contributed by atoms with van der Waals surface area (Å²) in [5.74, 6) is -0.285. The summed E-state index contributed by atoms with van der Waals surface area (Å²) in [5.41, 5.74) is 0.463. The average molecular weight is 394 g/mol. The number of hydrogen-bond acceptors (Lipinski definition) is 2. The molecule has 0 aliphatic carbocycles. The average Bonchev–Trinajstić information content (AvgIpc) is 2.71. The topological polar surface area (TPSA) is 49.4 Å². The smallest absolute Gasteiger partial charge is 0.323 e. The Morgan fingerprint density at radius 3 is 2.52 bits per heavy atom. The zero-order valence-corrected chi connectivity index (χ0v) is 14.7. The van der Waals surface area contributed by atoms with Crippen LogP contribution in [0.15, 0.2) is 53.0 Å². The van der Waals surface area contributed by atoms with Crippen molar-refractivity contribution in [3.05, 3.63) is 63.6 Å². The summed E-state index contributed by atoms with van der Waals surface area (Å²) in [5, 5.41) is 3.27. The van der Waals surface area contributed by atoms with Crippen molar-refractivity contribution >= 4 is 45.2 Å². The van der Waals surface area contributed by atoms with Crippen molar-refractivity contribution in [3.63, 3.8) is 0 Å². The fourth-order valence-corrected chi connectivity index (χ4v) is 3.11. The van der Waals surface area contributed by atoms with E-state index in [0.717, 1.165) is 14.9 Å². The maximum atomic E-state index is 12.8. The molecule has 1 saturated heterocycles. The fraction of sp³-hybridized carbons (Fsp3) is 0.176. The highest BCUT2D eigenvalue weighted by Gasteiger charge is 2.48. The Kier molecular flexibility index (Phi) is 4.17. The van der Waals surface area contributed by atoms with Crippen LogP contribution in [0, 0.1) is 0 Å². The summed E-state index contributed by atoms with van der Waals surface area (Å²) >= 11 is 9.34. The van der Waals surface area contributed by atoms with Crippen LogP contribution in [-0.4, -0.2) is 17.5 Å². The summed E-state index contributed by atoms with van der Waals surface area (Å²) in [6.45, 7) is 1.74. The van der Waals surface area contributed by atoms with Crippen LogP contribution in [0.25, 0.3) is 0 Å². The molecule has 23 heavy (non-hydrogen) atoms.